The molecule has 0 spiro atoms. The van der Waals surface area contributed by atoms with Crippen molar-refractivity contribution in [1.29, 1.82) is 0 Å². The third kappa shape index (κ3) is 4.32. The molecule has 1 aromatic rings. The lowest BCUT2D eigenvalue weighted by molar-refractivity contribution is -0.0231. The van der Waals surface area contributed by atoms with Gasteiger partial charge in [0, 0.05) is 6.54 Å². The maximum absolute atomic E-state index is 6.39. The Hall–Kier alpha value is -0.860. The van der Waals surface area contributed by atoms with Crippen molar-refractivity contribution >= 4 is 0 Å². The fraction of sp³-hybridized carbons (Fsp3) is 0.667. The highest BCUT2D eigenvalue weighted by molar-refractivity contribution is 5.31. The molecule has 0 saturated carbocycles. The summed E-state index contributed by atoms with van der Waals surface area (Å²) in [6, 6.07) is 8.78. The van der Waals surface area contributed by atoms with Gasteiger partial charge in [0.05, 0.1) is 12.2 Å². The Bertz CT molecular complexity index is 402. The monoisotopic (exact) mass is 275 g/mol. The van der Waals surface area contributed by atoms with Crippen LogP contribution in [0.15, 0.2) is 24.3 Å². The van der Waals surface area contributed by atoms with Crippen molar-refractivity contribution in [2.24, 2.45) is 5.92 Å². The van der Waals surface area contributed by atoms with Gasteiger partial charge in [-0.15, -0.1) is 0 Å². The lowest BCUT2D eigenvalue weighted by Crippen LogP contribution is -2.32. The number of fused-ring (bicyclic) bond motifs is 1. The highest BCUT2D eigenvalue weighted by Crippen LogP contribution is 2.33. The van der Waals surface area contributed by atoms with E-state index >= 15 is 0 Å². The molecule has 112 valence electrons. The topological polar surface area (TPSA) is 21.3 Å². The molecule has 0 saturated heterocycles. The summed E-state index contributed by atoms with van der Waals surface area (Å²) in [4.78, 5) is 0. The van der Waals surface area contributed by atoms with Crippen molar-refractivity contribution in [3.63, 3.8) is 0 Å². The first-order chi connectivity index (χ1) is 9.70. The predicted octanol–water partition coefficient (Wildman–Crippen LogP) is 4.10. The zero-order chi connectivity index (χ0) is 14.4. The van der Waals surface area contributed by atoms with Gasteiger partial charge in [0.15, 0.2) is 0 Å². The van der Waals surface area contributed by atoms with Gasteiger partial charge in [-0.1, -0.05) is 45.0 Å². The third-order valence-corrected chi connectivity index (χ3v) is 4.05. The number of hydrogen-bond donors (Lipinski definition) is 1. The van der Waals surface area contributed by atoms with Crippen LogP contribution in [-0.2, 0) is 11.2 Å². The largest absolute Gasteiger partial charge is 0.369 e. The van der Waals surface area contributed by atoms with E-state index in [1.165, 1.54) is 24.0 Å². The summed E-state index contributed by atoms with van der Waals surface area (Å²) in [6.07, 6.45) is 5.31. The molecule has 0 amide bonds. The molecule has 0 heterocycles. The maximum Gasteiger partial charge on any atom is 0.0832 e. The minimum atomic E-state index is 0.297. The summed E-state index contributed by atoms with van der Waals surface area (Å²) in [5.74, 6) is 0.697. The van der Waals surface area contributed by atoms with Crippen molar-refractivity contribution in [1.82, 2.24) is 5.32 Å². The van der Waals surface area contributed by atoms with Crippen LogP contribution in [0, 0.1) is 5.92 Å². The lowest BCUT2D eigenvalue weighted by atomic mass is 9.89. The highest BCUT2D eigenvalue weighted by atomic mass is 16.5. The number of ether oxygens (including phenoxy) is 1. The quantitative estimate of drug-likeness (QED) is 0.808. The highest BCUT2D eigenvalue weighted by Gasteiger charge is 2.22. The summed E-state index contributed by atoms with van der Waals surface area (Å²) in [6.45, 7) is 8.74. The van der Waals surface area contributed by atoms with Crippen molar-refractivity contribution < 1.29 is 4.74 Å². The van der Waals surface area contributed by atoms with E-state index < -0.39 is 0 Å². The molecule has 20 heavy (non-hydrogen) atoms. The molecule has 0 fully saturated rings. The number of benzene rings is 1. The molecule has 0 bridgehead atoms. The SMILES string of the molecule is CCC(CNCC(C)C)OC1CCCc2ccccc21. The normalized spacial score (nSPS) is 19.9. The Morgan fingerprint density at radius 3 is 2.80 bits per heavy atom. The Morgan fingerprint density at radius 2 is 2.05 bits per heavy atom. The van der Waals surface area contributed by atoms with Crippen LogP contribution in [0.5, 0.6) is 0 Å². The van der Waals surface area contributed by atoms with Crippen molar-refractivity contribution in [3.05, 3.63) is 35.4 Å². The molecule has 0 aromatic heterocycles. The van der Waals surface area contributed by atoms with E-state index in [0.29, 0.717) is 18.1 Å². The van der Waals surface area contributed by atoms with Gasteiger partial charge < -0.3 is 10.1 Å². The molecule has 2 atom stereocenters. The van der Waals surface area contributed by atoms with Crippen LogP contribution in [0.4, 0.5) is 0 Å². The molecule has 2 rings (SSSR count). The van der Waals surface area contributed by atoms with E-state index in [1.54, 1.807) is 0 Å². The smallest absolute Gasteiger partial charge is 0.0832 e. The van der Waals surface area contributed by atoms with Gasteiger partial charge in [0.25, 0.3) is 0 Å². The fourth-order valence-electron chi connectivity index (χ4n) is 2.90. The maximum atomic E-state index is 6.39. The lowest BCUT2D eigenvalue weighted by Gasteiger charge is -2.29. The number of nitrogens with one attached hydrogen (secondary N) is 1. The Kier molecular flexibility index (Phi) is 6.06. The summed E-state index contributed by atoms with van der Waals surface area (Å²) >= 11 is 0. The number of rotatable bonds is 7. The summed E-state index contributed by atoms with van der Waals surface area (Å²) in [5.41, 5.74) is 2.90. The minimum absolute atomic E-state index is 0.297. The minimum Gasteiger partial charge on any atom is -0.369 e. The molecular weight excluding hydrogens is 246 g/mol. The van der Waals surface area contributed by atoms with Gasteiger partial charge in [-0.25, -0.2) is 0 Å². The third-order valence-electron chi connectivity index (χ3n) is 4.05. The average Bonchev–Trinajstić information content (AvgIpc) is 2.46. The van der Waals surface area contributed by atoms with Crippen LogP contribution < -0.4 is 5.32 Å². The van der Waals surface area contributed by atoms with E-state index in [2.05, 4.69) is 50.4 Å². The van der Waals surface area contributed by atoms with Crippen LogP contribution in [-0.4, -0.2) is 19.2 Å². The van der Waals surface area contributed by atoms with Crippen molar-refractivity contribution in [2.75, 3.05) is 13.1 Å². The number of hydrogen-bond acceptors (Lipinski definition) is 2. The fourth-order valence-corrected chi connectivity index (χ4v) is 2.90. The van der Waals surface area contributed by atoms with E-state index in [4.69, 9.17) is 4.74 Å². The van der Waals surface area contributed by atoms with Crippen LogP contribution in [0.1, 0.15) is 57.3 Å². The zero-order valence-electron chi connectivity index (χ0n) is 13.2. The summed E-state index contributed by atoms with van der Waals surface area (Å²) < 4.78 is 6.39. The molecule has 1 aliphatic rings. The van der Waals surface area contributed by atoms with Crippen molar-refractivity contribution in [2.45, 2.75) is 58.7 Å². The van der Waals surface area contributed by atoms with E-state index in [-0.39, 0.29) is 0 Å². The molecule has 1 N–H and O–H groups in total. The first-order valence-corrected chi connectivity index (χ1v) is 8.14. The van der Waals surface area contributed by atoms with E-state index in [9.17, 15) is 0 Å². The molecular formula is C18H29NO. The summed E-state index contributed by atoms with van der Waals surface area (Å²) in [7, 11) is 0. The van der Waals surface area contributed by atoms with E-state index in [1.807, 2.05) is 0 Å². The molecule has 2 nitrogen and oxygen atoms in total. The average molecular weight is 275 g/mol. The van der Waals surface area contributed by atoms with Crippen LogP contribution >= 0.6 is 0 Å². The first-order valence-electron chi connectivity index (χ1n) is 8.14. The van der Waals surface area contributed by atoms with Gasteiger partial charge in [-0.05, 0) is 49.3 Å². The van der Waals surface area contributed by atoms with Crippen LogP contribution in [0.25, 0.3) is 0 Å². The predicted molar refractivity (Wildman–Crippen MR) is 85.0 cm³/mol. The molecule has 1 aliphatic carbocycles. The molecule has 1 aromatic carbocycles. The second-order valence-electron chi connectivity index (χ2n) is 6.30. The molecule has 2 heteroatoms. The van der Waals surface area contributed by atoms with Gasteiger partial charge in [0.2, 0.25) is 0 Å². The van der Waals surface area contributed by atoms with Gasteiger partial charge >= 0.3 is 0 Å². The van der Waals surface area contributed by atoms with Crippen LogP contribution in [0.3, 0.4) is 0 Å². The van der Waals surface area contributed by atoms with Gasteiger partial charge in [-0.3, -0.25) is 0 Å². The Morgan fingerprint density at radius 1 is 1.25 bits per heavy atom. The van der Waals surface area contributed by atoms with Gasteiger partial charge in [0.1, 0.15) is 0 Å². The van der Waals surface area contributed by atoms with Crippen LogP contribution in [0.2, 0.25) is 0 Å². The standard InChI is InChI=1S/C18H29NO/c1-4-16(13-19-12-14(2)3)20-18-11-7-9-15-8-5-6-10-17(15)18/h5-6,8,10,14,16,18-19H,4,7,9,11-13H2,1-3H3. The zero-order valence-corrected chi connectivity index (χ0v) is 13.2. The summed E-state index contributed by atoms with van der Waals surface area (Å²) in [5, 5.41) is 3.52. The molecule has 2 unspecified atom stereocenters. The molecule has 0 aliphatic heterocycles. The Labute approximate surface area is 123 Å². The second kappa shape index (κ2) is 7.80. The first kappa shape index (κ1) is 15.5. The second-order valence-corrected chi connectivity index (χ2v) is 6.30. The number of aryl methyl sites for hydroxylation is 1. The van der Waals surface area contributed by atoms with Gasteiger partial charge in [-0.2, -0.15) is 0 Å². The van der Waals surface area contributed by atoms with E-state index in [0.717, 1.165) is 25.9 Å². The molecule has 0 radical (unpaired) electrons. The van der Waals surface area contributed by atoms with Crippen molar-refractivity contribution in [3.8, 4) is 0 Å². The Balaban J connectivity index is 1.91.